The number of nitrogens with one attached hydrogen (secondary N) is 1. The Labute approximate surface area is 155 Å². The van der Waals surface area contributed by atoms with Gasteiger partial charge in [-0.15, -0.1) is 0 Å². The number of benzene rings is 2. The first-order valence-electron chi connectivity index (χ1n) is 8.33. The highest BCUT2D eigenvalue weighted by Gasteiger charge is 2.28. The monoisotopic (exact) mass is 380 g/mol. The summed E-state index contributed by atoms with van der Waals surface area (Å²) < 4.78 is 29.7. The number of piperazine rings is 1. The zero-order valence-electron chi connectivity index (χ0n) is 14.0. The second-order valence-electron chi connectivity index (χ2n) is 6.03. The highest BCUT2D eigenvalue weighted by atomic mass is 35.5. The second kappa shape index (κ2) is 8.47. The van der Waals surface area contributed by atoms with Crippen LogP contribution in [0.1, 0.15) is 17.2 Å². The Kier molecular flexibility index (Phi) is 6.06. The number of rotatable bonds is 5. The third-order valence-electron chi connectivity index (χ3n) is 4.33. The van der Waals surface area contributed by atoms with Crippen LogP contribution in [-0.4, -0.2) is 37.1 Å². The number of hydrogen-bond donors (Lipinski definition) is 1. The van der Waals surface area contributed by atoms with Gasteiger partial charge in [-0.2, -0.15) is 8.78 Å². The summed E-state index contributed by atoms with van der Waals surface area (Å²) in [4.78, 5) is 14.7. The molecule has 0 aromatic heterocycles. The van der Waals surface area contributed by atoms with Crippen LogP contribution in [0.15, 0.2) is 48.5 Å². The summed E-state index contributed by atoms with van der Waals surface area (Å²) in [5, 5.41) is 3.89. The van der Waals surface area contributed by atoms with Gasteiger partial charge in [-0.3, -0.25) is 4.79 Å². The van der Waals surface area contributed by atoms with E-state index in [1.807, 2.05) is 18.2 Å². The molecule has 1 aliphatic heterocycles. The fraction of sp³-hybridized carbons (Fsp3) is 0.316. The van der Waals surface area contributed by atoms with Crippen LogP contribution >= 0.6 is 11.6 Å². The highest BCUT2D eigenvalue weighted by molar-refractivity contribution is 6.30. The first kappa shape index (κ1) is 18.6. The molecule has 1 unspecified atom stereocenters. The summed E-state index contributed by atoms with van der Waals surface area (Å²) in [7, 11) is 0. The van der Waals surface area contributed by atoms with Crippen LogP contribution in [0.4, 0.5) is 8.78 Å². The quantitative estimate of drug-likeness (QED) is 0.860. The van der Waals surface area contributed by atoms with Crippen LogP contribution in [0.2, 0.25) is 5.02 Å². The normalized spacial score (nSPS) is 17.4. The van der Waals surface area contributed by atoms with E-state index in [4.69, 9.17) is 11.6 Å². The van der Waals surface area contributed by atoms with Gasteiger partial charge in [-0.05, 0) is 23.8 Å². The van der Waals surface area contributed by atoms with Gasteiger partial charge >= 0.3 is 6.61 Å². The lowest BCUT2D eigenvalue weighted by Crippen LogP contribution is -2.49. The van der Waals surface area contributed by atoms with E-state index in [1.54, 1.807) is 29.2 Å². The summed E-state index contributed by atoms with van der Waals surface area (Å²) >= 11 is 6.08. The lowest BCUT2D eigenvalue weighted by molar-refractivity contribution is -0.134. The molecule has 1 atom stereocenters. The molecule has 0 saturated carbocycles. The predicted molar refractivity (Wildman–Crippen MR) is 95.6 cm³/mol. The minimum absolute atomic E-state index is 0.0000406. The molecular formula is C19H19ClF2N2O2. The van der Waals surface area contributed by atoms with E-state index in [9.17, 15) is 13.6 Å². The van der Waals surface area contributed by atoms with Crippen molar-refractivity contribution < 1.29 is 18.3 Å². The molecule has 1 amide bonds. The number of nitrogens with zero attached hydrogens (tertiary/aromatic N) is 1. The average molecular weight is 381 g/mol. The Morgan fingerprint density at radius 3 is 2.85 bits per heavy atom. The number of hydrogen-bond acceptors (Lipinski definition) is 3. The number of amides is 1. The van der Waals surface area contributed by atoms with Crippen molar-refractivity contribution in [2.75, 3.05) is 19.6 Å². The Balaban J connectivity index is 1.79. The van der Waals surface area contributed by atoms with Crippen LogP contribution < -0.4 is 10.1 Å². The zero-order valence-corrected chi connectivity index (χ0v) is 14.8. The Morgan fingerprint density at radius 2 is 2.08 bits per heavy atom. The van der Waals surface area contributed by atoms with Gasteiger partial charge in [0.2, 0.25) is 5.91 Å². The molecule has 3 rings (SSSR count). The van der Waals surface area contributed by atoms with Crippen LogP contribution in [-0.2, 0) is 11.2 Å². The number of para-hydroxylation sites is 1. The number of carbonyl (C=O) groups is 1. The molecule has 0 aliphatic carbocycles. The summed E-state index contributed by atoms with van der Waals surface area (Å²) in [6.45, 7) is -1.10. The Morgan fingerprint density at radius 1 is 1.27 bits per heavy atom. The van der Waals surface area contributed by atoms with Gasteiger partial charge < -0.3 is 15.0 Å². The first-order valence-corrected chi connectivity index (χ1v) is 8.71. The molecule has 1 N–H and O–H groups in total. The number of carbonyl (C=O) groups excluding carboxylic acids is 1. The minimum atomic E-state index is -2.93. The first-order chi connectivity index (χ1) is 12.5. The maximum Gasteiger partial charge on any atom is 0.387 e. The Bertz CT molecular complexity index is 773. The molecule has 1 fully saturated rings. The number of halogens is 3. The van der Waals surface area contributed by atoms with E-state index in [2.05, 4.69) is 10.1 Å². The maximum atomic E-state index is 12.9. The van der Waals surface area contributed by atoms with Gasteiger partial charge in [0.1, 0.15) is 5.75 Å². The van der Waals surface area contributed by atoms with E-state index >= 15 is 0 Å². The van der Waals surface area contributed by atoms with Crippen LogP contribution in [0.3, 0.4) is 0 Å². The molecule has 1 aliphatic rings. The lowest BCUT2D eigenvalue weighted by Gasteiger charge is -2.37. The smallest absolute Gasteiger partial charge is 0.387 e. The summed E-state index contributed by atoms with van der Waals surface area (Å²) in [5.74, 6) is -0.105. The summed E-state index contributed by atoms with van der Waals surface area (Å²) in [6, 6.07) is 13.6. The molecule has 2 aromatic carbocycles. The third kappa shape index (κ3) is 4.51. The maximum absolute atomic E-state index is 12.9. The van der Waals surface area contributed by atoms with Gasteiger partial charge in [0.25, 0.3) is 0 Å². The van der Waals surface area contributed by atoms with Crippen molar-refractivity contribution >= 4 is 17.5 Å². The van der Waals surface area contributed by atoms with Gasteiger partial charge in [-0.25, -0.2) is 0 Å². The largest absolute Gasteiger partial charge is 0.435 e. The fourth-order valence-corrected chi connectivity index (χ4v) is 3.34. The summed E-state index contributed by atoms with van der Waals surface area (Å²) in [5.41, 5.74) is 1.39. The molecule has 2 aromatic rings. The van der Waals surface area contributed by atoms with E-state index in [-0.39, 0.29) is 24.1 Å². The van der Waals surface area contributed by atoms with E-state index in [1.165, 1.54) is 6.07 Å². The second-order valence-corrected chi connectivity index (χ2v) is 6.46. The number of alkyl halides is 2. The third-order valence-corrected chi connectivity index (χ3v) is 4.56. The van der Waals surface area contributed by atoms with Crippen LogP contribution in [0.5, 0.6) is 5.75 Å². The molecule has 1 heterocycles. The number of ether oxygens (including phenoxy) is 1. The molecule has 1 saturated heterocycles. The topological polar surface area (TPSA) is 41.6 Å². The molecule has 0 spiro atoms. The zero-order chi connectivity index (χ0) is 18.5. The molecule has 0 bridgehead atoms. The van der Waals surface area contributed by atoms with Gasteiger partial charge in [0, 0.05) is 30.2 Å². The molecular weight excluding hydrogens is 362 g/mol. The van der Waals surface area contributed by atoms with Crippen molar-refractivity contribution in [2.24, 2.45) is 0 Å². The lowest BCUT2D eigenvalue weighted by atomic mass is 10.0. The minimum Gasteiger partial charge on any atom is -0.435 e. The molecule has 4 nitrogen and oxygen atoms in total. The molecule has 0 radical (unpaired) electrons. The van der Waals surface area contributed by atoms with Crippen LogP contribution in [0.25, 0.3) is 0 Å². The van der Waals surface area contributed by atoms with Crippen molar-refractivity contribution in [3.05, 3.63) is 64.7 Å². The van der Waals surface area contributed by atoms with Crippen molar-refractivity contribution in [3.8, 4) is 5.75 Å². The Hall–Kier alpha value is -2.18. The van der Waals surface area contributed by atoms with Crippen molar-refractivity contribution in [2.45, 2.75) is 19.1 Å². The van der Waals surface area contributed by atoms with Gasteiger partial charge in [0.15, 0.2) is 0 Å². The molecule has 7 heteroatoms. The molecule has 138 valence electrons. The van der Waals surface area contributed by atoms with Crippen molar-refractivity contribution in [1.29, 1.82) is 0 Å². The van der Waals surface area contributed by atoms with E-state index in [0.29, 0.717) is 30.2 Å². The van der Waals surface area contributed by atoms with E-state index < -0.39 is 6.61 Å². The molecule has 26 heavy (non-hydrogen) atoms. The standard InChI is InChI=1S/C19H19ClF2N2O2/c20-15-6-3-5-13(10-15)16-12-23-8-9-24(16)18(25)11-14-4-1-2-7-17(14)26-19(21)22/h1-7,10,16,19,23H,8-9,11-12H2. The average Bonchev–Trinajstić information content (AvgIpc) is 2.63. The van der Waals surface area contributed by atoms with Crippen molar-refractivity contribution in [3.63, 3.8) is 0 Å². The predicted octanol–water partition coefficient (Wildman–Crippen LogP) is 3.66. The van der Waals surface area contributed by atoms with Gasteiger partial charge in [0.05, 0.1) is 12.5 Å². The summed E-state index contributed by atoms with van der Waals surface area (Å²) in [6.07, 6.45) is -0.0000406. The SMILES string of the molecule is O=C(Cc1ccccc1OC(F)F)N1CCNCC1c1cccc(Cl)c1. The van der Waals surface area contributed by atoms with Crippen LogP contribution in [0, 0.1) is 0 Å². The van der Waals surface area contributed by atoms with Crippen molar-refractivity contribution in [1.82, 2.24) is 10.2 Å². The highest BCUT2D eigenvalue weighted by Crippen LogP contribution is 2.27. The fourth-order valence-electron chi connectivity index (χ4n) is 3.14. The van der Waals surface area contributed by atoms with Gasteiger partial charge in [-0.1, -0.05) is 41.9 Å². The van der Waals surface area contributed by atoms with E-state index in [0.717, 1.165) is 5.56 Å².